The van der Waals surface area contributed by atoms with Gasteiger partial charge in [0.1, 0.15) is 0 Å². The molecule has 3 N–H and O–H groups in total. The van der Waals surface area contributed by atoms with Gasteiger partial charge in [-0.1, -0.05) is 17.7 Å². The summed E-state index contributed by atoms with van der Waals surface area (Å²) < 4.78 is 26.3. The molecule has 1 aromatic heterocycles. The Morgan fingerprint density at radius 2 is 1.95 bits per heavy atom. The summed E-state index contributed by atoms with van der Waals surface area (Å²) >= 11 is 5.89. The van der Waals surface area contributed by atoms with Crippen molar-refractivity contribution in [3.63, 3.8) is 0 Å². The Hall–Kier alpha value is -2.06. The van der Waals surface area contributed by atoms with Gasteiger partial charge in [0.15, 0.2) is 4.90 Å². The molecular formula is C11H10ClN3O4S. The largest absolute Gasteiger partial charge is 0.325 e. The standard InChI is InChI=1S/C11H10ClN3O4S/c1-6-2-3-7(4-8(6)12)15-20(18,19)9-5-13-11(17)14-10(9)16/h2-5,15H,1H3,(H2,13,14,16,17). The molecule has 1 aromatic carbocycles. The number of anilines is 1. The monoisotopic (exact) mass is 315 g/mol. The fourth-order valence-corrected chi connectivity index (χ4v) is 2.70. The van der Waals surface area contributed by atoms with E-state index in [1.54, 1.807) is 13.0 Å². The summed E-state index contributed by atoms with van der Waals surface area (Å²) in [6.07, 6.45) is 0.833. The number of sulfonamides is 1. The maximum Gasteiger partial charge on any atom is 0.325 e. The van der Waals surface area contributed by atoms with Gasteiger partial charge in [0, 0.05) is 11.2 Å². The SMILES string of the molecule is Cc1ccc(NS(=O)(=O)c2c[nH]c(=O)[nH]c2=O)cc1Cl. The van der Waals surface area contributed by atoms with Crippen LogP contribution in [0.25, 0.3) is 0 Å². The summed E-state index contributed by atoms with van der Waals surface area (Å²) in [5.74, 6) is 0. The number of aryl methyl sites for hydroxylation is 1. The molecule has 0 saturated heterocycles. The summed E-state index contributed by atoms with van der Waals surface area (Å²) in [4.78, 5) is 25.7. The maximum absolute atomic E-state index is 12.0. The molecule has 9 heteroatoms. The molecule has 2 aromatic rings. The molecule has 0 spiro atoms. The van der Waals surface area contributed by atoms with Gasteiger partial charge < -0.3 is 4.98 Å². The van der Waals surface area contributed by atoms with Crippen molar-refractivity contribution in [2.75, 3.05) is 4.72 Å². The third-order valence-corrected chi connectivity index (χ3v) is 4.29. The normalized spacial score (nSPS) is 11.3. The highest BCUT2D eigenvalue weighted by molar-refractivity contribution is 7.92. The number of nitrogens with one attached hydrogen (secondary N) is 3. The van der Waals surface area contributed by atoms with E-state index in [0.29, 0.717) is 5.02 Å². The highest BCUT2D eigenvalue weighted by Gasteiger charge is 2.19. The first-order chi connectivity index (χ1) is 9.29. The molecule has 0 saturated carbocycles. The van der Waals surface area contributed by atoms with Crippen molar-refractivity contribution in [1.29, 1.82) is 0 Å². The molecule has 106 valence electrons. The highest BCUT2D eigenvalue weighted by Crippen LogP contribution is 2.21. The third-order valence-electron chi connectivity index (χ3n) is 2.50. The number of rotatable bonds is 3. The molecule has 0 amide bonds. The van der Waals surface area contributed by atoms with E-state index < -0.39 is 26.2 Å². The van der Waals surface area contributed by atoms with E-state index in [1.165, 1.54) is 12.1 Å². The molecule has 20 heavy (non-hydrogen) atoms. The second-order valence-corrected chi connectivity index (χ2v) is 6.06. The third kappa shape index (κ3) is 2.91. The zero-order valence-corrected chi connectivity index (χ0v) is 11.8. The van der Waals surface area contributed by atoms with Gasteiger partial charge in [-0.2, -0.15) is 0 Å². The molecule has 0 unspecified atom stereocenters. The van der Waals surface area contributed by atoms with Gasteiger partial charge in [-0.3, -0.25) is 14.5 Å². The lowest BCUT2D eigenvalue weighted by Crippen LogP contribution is -2.29. The van der Waals surface area contributed by atoms with Crippen molar-refractivity contribution < 1.29 is 8.42 Å². The van der Waals surface area contributed by atoms with Crippen LogP contribution in [0, 0.1) is 6.92 Å². The van der Waals surface area contributed by atoms with Crippen molar-refractivity contribution >= 4 is 27.3 Å². The average Bonchev–Trinajstić information content (AvgIpc) is 2.33. The Morgan fingerprint density at radius 1 is 1.25 bits per heavy atom. The Bertz CT molecular complexity index is 870. The number of hydrogen-bond donors (Lipinski definition) is 3. The molecule has 0 fully saturated rings. The van der Waals surface area contributed by atoms with E-state index in [-0.39, 0.29) is 5.69 Å². The zero-order valence-electron chi connectivity index (χ0n) is 10.2. The zero-order chi connectivity index (χ0) is 14.9. The summed E-state index contributed by atoms with van der Waals surface area (Å²) in [6, 6.07) is 4.57. The fourth-order valence-electron chi connectivity index (χ4n) is 1.46. The Balaban J connectivity index is 2.43. The second kappa shape index (κ2) is 5.14. The first kappa shape index (κ1) is 14.4. The lowest BCUT2D eigenvalue weighted by molar-refractivity contribution is 0.599. The molecule has 0 bridgehead atoms. The summed E-state index contributed by atoms with van der Waals surface area (Å²) in [6.45, 7) is 1.77. The van der Waals surface area contributed by atoms with Crippen LogP contribution in [0.3, 0.4) is 0 Å². The van der Waals surface area contributed by atoms with E-state index in [9.17, 15) is 18.0 Å². The lowest BCUT2D eigenvalue weighted by Gasteiger charge is -2.08. The number of H-pyrrole nitrogens is 2. The minimum Gasteiger partial charge on any atom is -0.313 e. The van der Waals surface area contributed by atoms with Gasteiger partial charge in [-0.25, -0.2) is 13.2 Å². The topological polar surface area (TPSA) is 112 Å². The number of benzene rings is 1. The van der Waals surface area contributed by atoms with Crippen LogP contribution >= 0.6 is 11.6 Å². The predicted molar refractivity (Wildman–Crippen MR) is 74.7 cm³/mol. The highest BCUT2D eigenvalue weighted by atomic mass is 35.5. The van der Waals surface area contributed by atoms with E-state index in [2.05, 4.69) is 9.71 Å². The van der Waals surface area contributed by atoms with Gasteiger partial charge in [0.05, 0.1) is 5.69 Å². The van der Waals surface area contributed by atoms with E-state index in [4.69, 9.17) is 11.6 Å². The minimum absolute atomic E-state index is 0.214. The summed E-state index contributed by atoms with van der Waals surface area (Å²) in [5, 5.41) is 0.389. The van der Waals surface area contributed by atoms with Crippen LogP contribution in [0.5, 0.6) is 0 Å². The molecule has 7 nitrogen and oxygen atoms in total. The van der Waals surface area contributed by atoms with Crippen LogP contribution in [0.2, 0.25) is 5.02 Å². The first-order valence-electron chi connectivity index (χ1n) is 5.40. The van der Waals surface area contributed by atoms with Crippen molar-refractivity contribution in [3.8, 4) is 0 Å². The van der Waals surface area contributed by atoms with Gasteiger partial charge in [0.25, 0.3) is 15.6 Å². The smallest absolute Gasteiger partial charge is 0.313 e. The van der Waals surface area contributed by atoms with Crippen LogP contribution in [0.1, 0.15) is 5.56 Å². The molecule has 0 aliphatic rings. The van der Waals surface area contributed by atoms with E-state index in [0.717, 1.165) is 11.8 Å². The molecule has 0 aliphatic carbocycles. The van der Waals surface area contributed by atoms with Crippen molar-refractivity contribution in [3.05, 3.63) is 55.8 Å². The van der Waals surface area contributed by atoms with Gasteiger partial charge in [-0.05, 0) is 24.6 Å². The van der Waals surface area contributed by atoms with Crippen LogP contribution in [0.4, 0.5) is 5.69 Å². The van der Waals surface area contributed by atoms with Crippen LogP contribution in [0.15, 0.2) is 38.9 Å². The van der Waals surface area contributed by atoms with Crippen molar-refractivity contribution in [2.45, 2.75) is 11.8 Å². The molecule has 0 atom stereocenters. The minimum atomic E-state index is -4.11. The molecule has 2 rings (SSSR count). The molecular weight excluding hydrogens is 306 g/mol. The van der Waals surface area contributed by atoms with Crippen molar-refractivity contribution in [1.82, 2.24) is 9.97 Å². The van der Waals surface area contributed by atoms with Gasteiger partial charge >= 0.3 is 5.69 Å². The van der Waals surface area contributed by atoms with E-state index in [1.807, 2.05) is 4.98 Å². The molecule has 0 aliphatic heterocycles. The number of hydrogen-bond acceptors (Lipinski definition) is 4. The number of aromatic amines is 2. The van der Waals surface area contributed by atoms with Gasteiger partial charge in [0.2, 0.25) is 0 Å². The number of aromatic nitrogens is 2. The fraction of sp³-hybridized carbons (Fsp3) is 0.0909. The van der Waals surface area contributed by atoms with Crippen LogP contribution in [-0.2, 0) is 10.0 Å². The van der Waals surface area contributed by atoms with Crippen LogP contribution < -0.4 is 16.0 Å². The predicted octanol–water partition coefficient (Wildman–Crippen LogP) is 0.826. The molecule has 1 heterocycles. The maximum atomic E-state index is 12.0. The van der Waals surface area contributed by atoms with Crippen LogP contribution in [-0.4, -0.2) is 18.4 Å². The summed E-state index contributed by atoms with van der Waals surface area (Å²) in [5.41, 5.74) is -0.783. The summed E-state index contributed by atoms with van der Waals surface area (Å²) in [7, 11) is -4.11. The number of halogens is 1. The Labute approximate surface area is 118 Å². The second-order valence-electron chi connectivity index (χ2n) is 4.01. The van der Waals surface area contributed by atoms with E-state index >= 15 is 0 Å². The van der Waals surface area contributed by atoms with Crippen molar-refractivity contribution in [2.24, 2.45) is 0 Å². The lowest BCUT2D eigenvalue weighted by atomic mass is 10.2. The quantitative estimate of drug-likeness (QED) is 0.778. The molecule has 0 radical (unpaired) electrons. The average molecular weight is 316 g/mol. The Kier molecular flexibility index (Phi) is 3.69. The Morgan fingerprint density at radius 3 is 2.55 bits per heavy atom. The first-order valence-corrected chi connectivity index (χ1v) is 7.27. The van der Waals surface area contributed by atoms with Gasteiger partial charge in [-0.15, -0.1) is 0 Å².